The fourth-order valence-corrected chi connectivity index (χ4v) is 3.71. The first-order valence-electron chi connectivity index (χ1n) is 10.2. The Morgan fingerprint density at radius 1 is 1.06 bits per heavy atom. The number of nitrogens with zero attached hydrogens (tertiary/aromatic N) is 6. The molecule has 1 fully saturated rings. The molecule has 2 aromatic heterocycles. The maximum Gasteiger partial charge on any atom is 0.332 e. The quantitative estimate of drug-likeness (QED) is 0.624. The van der Waals surface area contributed by atoms with Crippen molar-refractivity contribution in [3.63, 3.8) is 0 Å². The lowest BCUT2D eigenvalue weighted by Gasteiger charge is -2.26. The molecule has 0 bridgehead atoms. The Morgan fingerprint density at radius 2 is 1.84 bits per heavy atom. The average Bonchev–Trinajstić information content (AvgIpc) is 2.78. The largest absolute Gasteiger partial charge is 0.352 e. The van der Waals surface area contributed by atoms with Crippen molar-refractivity contribution in [2.75, 3.05) is 31.5 Å². The first-order valence-corrected chi connectivity index (χ1v) is 10.2. The highest BCUT2D eigenvalue weighted by Crippen LogP contribution is 2.12. The van der Waals surface area contributed by atoms with E-state index in [4.69, 9.17) is 0 Å². The zero-order chi connectivity index (χ0) is 22.0. The molecule has 1 aromatic carbocycles. The van der Waals surface area contributed by atoms with Crippen LogP contribution in [0.4, 0.5) is 14.7 Å². The van der Waals surface area contributed by atoms with Gasteiger partial charge in [-0.3, -0.25) is 13.9 Å². The zero-order valence-electron chi connectivity index (χ0n) is 17.1. The minimum atomic E-state index is -1.02. The van der Waals surface area contributed by atoms with Gasteiger partial charge < -0.3 is 10.2 Å². The molecule has 0 aliphatic carbocycles. The number of likely N-dealkylation sites (tertiary alicyclic amines) is 1. The molecule has 4 rings (SSSR count). The van der Waals surface area contributed by atoms with Gasteiger partial charge in [-0.15, -0.1) is 10.2 Å². The Hall–Kier alpha value is -3.21. The summed E-state index contributed by atoms with van der Waals surface area (Å²) in [5.41, 5.74) is -0.953. The summed E-state index contributed by atoms with van der Waals surface area (Å²) < 4.78 is 28.9. The fraction of sp³-hybridized carbons (Fsp3) is 0.450. The highest BCUT2D eigenvalue weighted by molar-refractivity contribution is 5.69. The van der Waals surface area contributed by atoms with Crippen LogP contribution in [0.5, 0.6) is 0 Å². The number of fused-ring (bicyclic) bond motifs is 1. The molecular weight excluding hydrogens is 408 g/mol. The van der Waals surface area contributed by atoms with E-state index in [9.17, 15) is 18.4 Å². The van der Waals surface area contributed by atoms with E-state index in [0.29, 0.717) is 12.1 Å². The first kappa shape index (κ1) is 21.0. The van der Waals surface area contributed by atoms with Gasteiger partial charge in [-0.2, -0.15) is 0 Å². The van der Waals surface area contributed by atoms with E-state index in [1.807, 2.05) is 0 Å². The van der Waals surface area contributed by atoms with Crippen molar-refractivity contribution in [2.24, 2.45) is 7.05 Å². The molecule has 1 aliphatic rings. The lowest BCUT2D eigenvalue weighted by atomic mass is 10.1. The number of rotatable bonds is 6. The second-order valence-electron chi connectivity index (χ2n) is 7.62. The van der Waals surface area contributed by atoms with Crippen LogP contribution in [0.25, 0.3) is 11.2 Å². The molecule has 0 unspecified atom stereocenters. The predicted molar refractivity (Wildman–Crippen MR) is 111 cm³/mol. The van der Waals surface area contributed by atoms with Gasteiger partial charge in [0.05, 0.1) is 6.54 Å². The summed E-state index contributed by atoms with van der Waals surface area (Å²) in [6.07, 6.45) is 3.65. The number of nitrogens with one attached hydrogen (secondary N) is 1. The second-order valence-corrected chi connectivity index (χ2v) is 7.62. The summed E-state index contributed by atoms with van der Waals surface area (Å²) in [6.45, 7) is 3.44. The molecule has 1 N–H and O–H groups in total. The molecular formula is C20H23F2N7O2. The summed E-state index contributed by atoms with van der Waals surface area (Å²) in [5, 5.41) is 11.1. The Kier molecular flexibility index (Phi) is 6.03. The highest BCUT2D eigenvalue weighted by Gasteiger charge is 2.16. The van der Waals surface area contributed by atoms with Crippen LogP contribution in [-0.4, -0.2) is 55.4 Å². The van der Waals surface area contributed by atoms with E-state index in [1.54, 1.807) is 0 Å². The van der Waals surface area contributed by atoms with Gasteiger partial charge in [0.25, 0.3) is 5.56 Å². The van der Waals surface area contributed by atoms with Crippen molar-refractivity contribution in [3.8, 4) is 0 Å². The maximum atomic E-state index is 13.6. The molecule has 0 atom stereocenters. The van der Waals surface area contributed by atoms with Gasteiger partial charge in [0.1, 0.15) is 0 Å². The zero-order valence-corrected chi connectivity index (χ0v) is 17.1. The van der Waals surface area contributed by atoms with Gasteiger partial charge in [0, 0.05) is 20.1 Å². The standard InChI is InChI=1S/C20H23F2N7O2/c1-27-18(30)16-17(29(20(27)31)12-13-5-6-14(21)15(22)11-13)25-26-19(24-16)23-7-10-28-8-3-2-4-9-28/h5-6,11H,2-4,7-10,12H2,1H3,(H,23,24,26). The van der Waals surface area contributed by atoms with Crippen LogP contribution in [0, 0.1) is 11.6 Å². The lowest BCUT2D eigenvalue weighted by molar-refractivity contribution is 0.237. The number of hydrogen-bond donors (Lipinski definition) is 1. The van der Waals surface area contributed by atoms with Crippen molar-refractivity contribution in [2.45, 2.75) is 25.8 Å². The molecule has 1 saturated heterocycles. The molecule has 0 spiro atoms. The van der Waals surface area contributed by atoms with Crippen molar-refractivity contribution >= 4 is 17.1 Å². The summed E-state index contributed by atoms with van der Waals surface area (Å²) >= 11 is 0. The van der Waals surface area contributed by atoms with Gasteiger partial charge in [-0.1, -0.05) is 12.5 Å². The van der Waals surface area contributed by atoms with E-state index >= 15 is 0 Å². The normalized spacial score (nSPS) is 14.8. The van der Waals surface area contributed by atoms with Gasteiger partial charge in [0.2, 0.25) is 5.95 Å². The fourth-order valence-electron chi connectivity index (χ4n) is 3.71. The molecule has 31 heavy (non-hydrogen) atoms. The monoisotopic (exact) mass is 431 g/mol. The third-order valence-electron chi connectivity index (χ3n) is 5.43. The molecule has 0 amide bonds. The van der Waals surface area contributed by atoms with Crippen LogP contribution in [0.3, 0.4) is 0 Å². The molecule has 0 radical (unpaired) electrons. The second kappa shape index (κ2) is 8.88. The third-order valence-corrected chi connectivity index (χ3v) is 5.43. The van der Waals surface area contributed by atoms with Crippen LogP contribution < -0.4 is 16.6 Å². The van der Waals surface area contributed by atoms with Crippen LogP contribution in [0.2, 0.25) is 0 Å². The third kappa shape index (κ3) is 4.46. The van der Waals surface area contributed by atoms with Crippen LogP contribution in [0.15, 0.2) is 27.8 Å². The molecule has 9 nitrogen and oxygen atoms in total. The Balaban J connectivity index is 1.61. The molecule has 3 heterocycles. The van der Waals surface area contributed by atoms with Crippen molar-refractivity contribution < 1.29 is 8.78 Å². The van der Waals surface area contributed by atoms with Gasteiger partial charge in [-0.25, -0.2) is 18.6 Å². The Labute approximate surface area is 176 Å². The summed E-state index contributed by atoms with van der Waals surface area (Å²) in [6, 6.07) is 3.34. The van der Waals surface area contributed by atoms with Gasteiger partial charge in [-0.05, 0) is 43.6 Å². The predicted octanol–water partition coefficient (Wildman–Crippen LogP) is 1.11. The summed E-state index contributed by atoms with van der Waals surface area (Å²) in [4.78, 5) is 31.8. The summed E-state index contributed by atoms with van der Waals surface area (Å²) in [7, 11) is 1.33. The van der Waals surface area contributed by atoms with Gasteiger partial charge in [0.15, 0.2) is 22.8 Å². The molecule has 1 aliphatic heterocycles. The first-order chi connectivity index (χ1) is 14.9. The van der Waals surface area contributed by atoms with Crippen LogP contribution in [-0.2, 0) is 13.6 Å². The topological polar surface area (TPSA) is 97.9 Å². The van der Waals surface area contributed by atoms with E-state index < -0.39 is 22.9 Å². The maximum absolute atomic E-state index is 13.6. The smallest absolute Gasteiger partial charge is 0.332 e. The highest BCUT2D eigenvalue weighted by atomic mass is 19.2. The van der Waals surface area contributed by atoms with E-state index in [1.165, 1.54) is 36.9 Å². The average molecular weight is 431 g/mol. The summed E-state index contributed by atoms with van der Waals surface area (Å²) in [5.74, 6) is -1.81. The van der Waals surface area contributed by atoms with Crippen LogP contribution >= 0.6 is 0 Å². The van der Waals surface area contributed by atoms with Crippen molar-refractivity contribution in [1.29, 1.82) is 0 Å². The number of aromatic nitrogens is 5. The van der Waals surface area contributed by atoms with Crippen molar-refractivity contribution in [1.82, 2.24) is 29.2 Å². The van der Waals surface area contributed by atoms with E-state index in [2.05, 4.69) is 25.4 Å². The lowest BCUT2D eigenvalue weighted by Crippen LogP contribution is -2.39. The molecule has 0 saturated carbocycles. The number of halogens is 2. The number of hydrogen-bond acceptors (Lipinski definition) is 7. The number of anilines is 1. The van der Waals surface area contributed by atoms with Crippen molar-refractivity contribution in [3.05, 3.63) is 56.2 Å². The molecule has 11 heteroatoms. The Morgan fingerprint density at radius 3 is 2.58 bits per heavy atom. The Bertz CT molecular complexity index is 1220. The number of benzene rings is 1. The number of piperidine rings is 1. The van der Waals surface area contributed by atoms with E-state index in [-0.39, 0.29) is 23.7 Å². The van der Waals surface area contributed by atoms with Gasteiger partial charge >= 0.3 is 5.69 Å². The SMILES string of the molecule is Cn1c(=O)c2nc(NCCN3CCCCC3)nnc2n(Cc2ccc(F)c(F)c2)c1=O. The van der Waals surface area contributed by atoms with E-state index in [0.717, 1.165) is 36.3 Å². The minimum absolute atomic E-state index is 0.0144. The molecule has 164 valence electrons. The minimum Gasteiger partial charge on any atom is -0.352 e. The molecule has 3 aromatic rings. The van der Waals surface area contributed by atoms with Crippen LogP contribution in [0.1, 0.15) is 24.8 Å².